The summed E-state index contributed by atoms with van der Waals surface area (Å²) < 4.78 is 74.7. The van der Waals surface area contributed by atoms with Gasteiger partial charge in [-0.25, -0.2) is 21.2 Å². The fourth-order valence-corrected chi connectivity index (χ4v) is 7.24. The molecule has 0 unspecified atom stereocenters. The number of rotatable bonds is 11. The number of ether oxygens (including phenoxy) is 1. The lowest BCUT2D eigenvalue weighted by Gasteiger charge is -2.25. The number of hydrogen-bond acceptors (Lipinski definition) is 6. The second-order valence-corrected chi connectivity index (χ2v) is 13.2. The van der Waals surface area contributed by atoms with Gasteiger partial charge in [0, 0.05) is 13.1 Å². The van der Waals surface area contributed by atoms with Gasteiger partial charge < -0.3 is 10.1 Å². The zero-order chi connectivity index (χ0) is 28.8. The van der Waals surface area contributed by atoms with Crippen LogP contribution >= 0.6 is 0 Å². The van der Waals surface area contributed by atoms with Gasteiger partial charge in [0.1, 0.15) is 24.7 Å². The van der Waals surface area contributed by atoms with Gasteiger partial charge in [-0.2, -0.15) is 4.31 Å². The van der Waals surface area contributed by atoms with Crippen molar-refractivity contribution < 1.29 is 30.8 Å². The van der Waals surface area contributed by atoms with Crippen molar-refractivity contribution in [1.29, 1.82) is 0 Å². The normalized spacial score (nSPS) is 14.4. The SMILES string of the molecule is Cc1ccc(S(=O)(=O)N(CC(=O)NCCOc2ccc(S(=O)(=O)N3CCCCC3)cc2)c2ccccc2F)cc1. The highest BCUT2D eigenvalue weighted by Crippen LogP contribution is 2.26. The van der Waals surface area contributed by atoms with Gasteiger partial charge in [-0.05, 0) is 68.3 Å². The van der Waals surface area contributed by atoms with Crippen LogP contribution in [-0.4, -0.2) is 59.8 Å². The molecule has 12 heteroatoms. The molecule has 9 nitrogen and oxygen atoms in total. The number of para-hydroxylation sites is 1. The number of aryl methyl sites for hydroxylation is 1. The molecule has 3 aromatic rings. The van der Waals surface area contributed by atoms with Crippen LogP contribution < -0.4 is 14.4 Å². The van der Waals surface area contributed by atoms with E-state index in [0.717, 1.165) is 35.2 Å². The summed E-state index contributed by atoms with van der Waals surface area (Å²) in [5, 5.41) is 2.59. The molecule has 1 fully saturated rings. The molecular formula is C28H32FN3O6S2. The first-order valence-corrected chi connectivity index (χ1v) is 15.8. The second-order valence-electron chi connectivity index (χ2n) is 9.41. The summed E-state index contributed by atoms with van der Waals surface area (Å²) >= 11 is 0. The van der Waals surface area contributed by atoms with Crippen molar-refractivity contribution in [3.8, 4) is 5.75 Å². The molecule has 1 heterocycles. The molecule has 1 aliphatic heterocycles. The summed E-state index contributed by atoms with van der Waals surface area (Å²) in [4.78, 5) is 12.8. The van der Waals surface area contributed by atoms with Gasteiger partial charge in [-0.3, -0.25) is 9.10 Å². The smallest absolute Gasteiger partial charge is 0.264 e. The highest BCUT2D eigenvalue weighted by atomic mass is 32.2. The number of nitrogens with one attached hydrogen (secondary N) is 1. The molecule has 40 heavy (non-hydrogen) atoms. The van der Waals surface area contributed by atoms with Crippen LogP contribution in [0, 0.1) is 12.7 Å². The molecule has 0 radical (unpaired) electrons. The van der Waals surface area contributed by atoms with Crippen molar-refractivity contribution >= 4 is 31.6 Å². The molecule has 0 aliphatic carbocycles. The molecule has 1 saturated heterocycles. The number of halogens is 1. The first-order valence-electron chi connectivity index (χ1n) is 12.9. The molecule has 214 valence electrons. The van der Waals surface area contributed by atoms with Crippen LogP contribution in [0.5, 0.6) is 5.75 Å². The average Bonchev–Trinajstić information content (AvgIpc) is 2.95. The maximum absolute atomic E-state index is 14.6. The zero-order valence-electron chi connectivity index (χ0n) is 22.1. The van der Waals surface area contributed by atoms with E-state index in [-0.39, 0.29) is 28.6 Å². The van der Waals surface area contributed by atoms with Crippen LogP contribution in [0.2, 0.25) is 0 Å². The summed E-state index contributed by atoms with van der Waals surface area (Å²) in [7, 11) is -7.78. The molecule has 0 saturated carbocycles. The predicted octanol–water partition coefficient (Wildman–Crippen LogP) is 3.70. The highest BCUT2D eigenvalue weighted by Gasteiger charge is 2.29. The van der Waals surface area contributed by atoms with Crippen molar-refractivity contribution in [3.05, 3.63) is 84.2 Å². The van der Waals surface area contributed by atoms with E-state index >= 15 is 0 Å². The summed E-state index contributed by atoms with van der Waals surface area (Å²) in [6.45, 7) is 2.30. The number of sulfonamides is 2. The Labute approximate surface area is 234 Å². The number of amides is 1. The van der Waals surface area contributed by atoms with E-state index in [4.69, 9.17) is 4.74 Å². The van der Waals surface area contributed by atoms with E-state index < -0.39 is 38.3 Å². The number of benzene rings is 3. The van der Waals surface area contributed by atoms with E-state index in [9.17, 15) is 26.0 Å². The minimum absolute atomic E-state index is 0.0440. The molecular weight excluding hydrogens is 557 g/mol. The first-order chi connectivity index (χ1) is 19.1. The van der Waals surface area contributed by atoms with E-state index in [2.05, 4.69) is 5.32 Å². The van der Waals surface area contributed by atoms with Gasteiger partial charge in [-0.15, -0.1) is 0 Å². The van der Waals surface area contributed by atoms with Gasteiger partial charge in [0.05, 0.1) is 22.0 Å². The topological polar surface area (TPSA) is 113 Å². The summed E-state index contributed by atoms with van der Waals surface area (Å²) in [5.74, 6) is -1.01. The van der Waals surface area contributed by atoms with Gasteiger partial charge in [0.2, 0.25) is 15.9 Å². The third-order valence-corrected chi connectivity index (χ3v) is 10.2. The van der Waals surface area contributed by atoms with Crippen molar-refractivity contribution in [2.75, 3.05) is 37.1 Å². The van der Waals surface area contributed by atoms with E-state index in [1.54, 1.807) is 24.3 Å². The van der Waals surface area contributed by atoms with Gasteiger partial charge in [0.15, 0.2) is 0 Å². The van der Waals surface area contributed by atoms with Gasteiger partial charge in [-0.1, -0.05) is 36.2 Å². The Hall–Kier alpha value is -3.48. The molecule has 1 amide bonds. The number of carbonyl (C=O) groups is 1. The summed E-state index contributed by atoms with van der Waals surface area (Å²) in [5.41, 5.74) is 0.612. The molecule has 3 aromatic carbocycles. The lowest BCUT2D eigenvalue weighted by Crippen LogP contribution is -2.42. The molecule has 0 aromatic heterocycles. The standard InChI is InChI=1S/C28H32FN3O6S2/c1-22-9-13-25(14-10-22)40(36,37)32(27-8-4-3-7-26(27)29)21-28(33)30-17-20-38-23-11-15-24(16-12-23)39(34,35)31-18-5-2-6-19-31/h3-4,7-16H,2,5-6,17-21H2,1H3,(H,30,33). The van der Waals surface area contributed by atoms with Crippen LogP contribution in [0.15, 0.2) is 82.6 Å². The lowest BCUT2D eigenvalue weighted by molar-refractivity contribution is -0.119. The fourth-order valence-electron chi connectivity index (χ4n) is 4.30. The molecule has 4 rings (SSSR count). The summed E-state index contributed by atoms with van der Waals surface area (Å²) in [6.07, 6.45) is 2.73. The lowest BCUT2D eigenvalue weighted by atomic mass is 10.2. The van der Waals surface area contributed by atoms with Crippen LogP contribution in [0.3, 0.4) is 0 Å². The number of anilines is 1. The van der Waals surface area contributed by atoms with Crippen LogP contribution in [-0.2, 0) is 24.8 Å². The fraction of sp³-hybridized carbons (Fsp3) is 0.321. The van der Waals surface area contributed by atoms with E-state index in [1.165, 1.54) is 46.8 Å². The monoisotopic (exact) mass is 589 g/mol. The molecule has 0 atom stereocenters. The average molecular weight is 590 g/mol. The number of carbonyl (C=O) groups excluding carboxylic acids is 1. The van der Waals surface area contributed by atoms with Crippen molar-refractivity contribution in [3.63, 3.8) is 0 Å². The minimum Gasteiger partial charge on any atom is -0.492 e. The zero-order valence-corrected chi connectivity index (χ0v) is 23.8. The Morgan fingerprint density at radius 2 is 1.52 bits per heavy atom. The molecule has 1 N–H and O–H groups in total. The van der Waals surface area contributed by atoms with Crippen molar-refractivity contribution in [2.24, 2.45) is 0 Å². The predicted molar refractivity (Wildman–Crippen MR) is 150 cm³/mol. The Balaban J connectivity index is 1.36. The molecule has 1 aliphatic rings. The maximum Gasteiger partial charge on any atom is 0.264 e. The Morgan fingerprint density at radius 3 is 2.17 bits per heavy atom. The molecule has 0 spiro atoms. The summed E-state index contributed by atoms with van der Waals surface area (Å²) in [6, 6.07) is 17.5. The van der Waals surface area contributed by atoms with E-state index in [1.807, 2.05) is 6.92 Å². The van der Waals surface area contributed by atoms with Gasteiger partial charge >= 0.3 is 0 Å². The van der Waals surface area contributed by atoms with Crippen molar-refractivity contribution in [2.45, 2.75) is 36.0 Å². The van der Waals surface area contributed by atoms with Gasteiger partial charge in [0.25, 0.3) is 10.0 Å². The Kier molecular flexibility index (Phi) is 9.44. The quantitative estimate of drug-likeness (QED) is 0.342. The number of piperidine rings is 1. The largest absolute Gasteiger partial charge is 0.492 e. The minimum atomic E-state index is -4.24. The second kappa shape index (κ2) is 12.8. The van der Waals surface area contributed by atoms with Crippen molar-refractivity contribution in [1.82, 2.24) is 9.62 Å². The number of nitrogens with zero attached hydrogens (tertiary/aromatic N) is 2. The van der Waals surface area contributed by atoms with E-state index in [0.29, 0.717) is 18.8 Å². The van der Waals surface area contributed by atoms with Crippen LogP contribution in [0.25, 0.3) is 0 Å². The molecule has 0 bridgehead atoms. The van der Waals surface area contributed by atoms with Crippen LogP contribution in [0.1, 0.15) is 24.8 Å². The third-order valence-electron chi connectivity index (χ3n) is 6.49. The third kappa shape index (κ3) is 6.98. The first kappa shape index (κ1) is 29.5. The van der Waals surface area contributed by atoms with Crippen LogP contribution in [0.4, 0.5) is 10.1 Å². The Morgan fingerprint density at radius 1 is 0.900 bits per heavy atom. The number of hydrogen-bond donors (Lipinski definition) is 1. The Bertz CT molecular complexity index is 1520. The maximum atomic E-state index is 14.6. The highest BCUT2D eigenvalue weighted by molar-refractivity contribution is 7.92.